The van der Waals surface area contributed by atoms with Gasteiger partial charge < -0.3 is 0 Å². The van der Waals surface area contributed by atoms with Gasteiger partial charge in [-0.25, -0.2) is 13.2 Å². The van der Waals surface area contributed by atoms with Crippen LogP contribution in [0.5, 0.6) is 0 Å². The second-order valence-electron chi connectivity index (χ2n) is 11.8. The summed E-state index contributed by atoms with van der Waals surface area (Å²) in [4.78, 5) is 0. The molecule has 2 aliphatic carbocycles. The molecule has 5 heteroatoms. The summed E-state index contributed by atoms with van der Waals surface area (Å²) in [5.74, 6) is 0.713. The van der Waals surface area contributed by atoms with Crippen LogP contribution in [-0.4, -0.2) is 0 Å². The van der Waals surface area contributed by atoms with Crippen molar-refractivity contribution in [3.63, 3.8) is 0 Å². The Morgan fingerprint density at radius 3 is 1.06 bits per heavy atom. The van der Waals surface area contributed by atoms with E-state index in [1.54, 1.807) is 36.4 Å². The van der Waals surface area contributed by atoms with Crippen LogP contribution in [0.15, 0.2) is 188 Å². The van der Waals surface area contributed by atoms with E-state index in [9.17, 15) is 13.2 Å². The zero-order valence-electron chi connectivity index (χ0n) is 27.2. The van der Waals surface area contributed by atoms with Crippen molar-refractivity contribution >= 4 is 29.4 Å². The number of rotatable bonds is 6. The van der Waals surface area contributed by atoms with Crippen LogP contribution in [0.4, 0.5) is 13.2 Å². The third-order valence-electron chi connectivity index (χ3n) is 8.32. The zero-order valence-corrected chi connectivity index (χ0v) is 29.9. The molecule has 6 aromatic carbocycles. The number of hydrogen-bond acceptors (Lipinski definition) is 0. The minimum Gasteiger partial charge on any atom is -0.207 e. The summed E-state index contributed by atoms with van der Waals surface area (Å²) >= 11 is 0. The first-order chi connectivity index (χ1) is 24.0. The number of hydrogen-bond donors (Lipinski definition) is 0. The van der Waals surface area contributed by atoms with Crippen LogP contribution in [0.2, 0.25) is 0 Å². The van der Waals surface area contributed by atoms with E-state index in [0.717, 1.165) is 38.9 Å². The fraction of sp³-hybridized carbons (Fsp3) is 0.0667. The van der Waals surface area contributed by atoms with E-state index in [1.807, 2.05) is 30.3 Å². The van der Waals surface area contributed by atoms with Gasteiger partial charge in [-0.15, -0.1) is 29.3 Å². The van der Waals surface area contributed by atoms with E-state index < -0.39 is 7.92 Å². The molecular formula is C45H36F3PRh. The monoisotopic (exact) mass is 767 g/mol. The Morgan fingerprint density at radius 1 is 0.440 bits per heavy atom. The molecule has 251 valence electrons. The van der Waals surface area contributed by atoms with Crippen molar-refractivity contribution in [3.05, 3.63) is 228 Å². The molecule has 0 saturated carbocycles. The predicted octanol–water partition coefficient (Wildman–Crippen LogP) is 10.3. The van der Waals surface area contributed by atoms with Crippen molar-refractivity contribution in [2.75, 3.05) is 0 Å². The quantitative estimate of drug-likeness (QED) is 0.0521. The third kappa shape index (κ3) is 10.2. The third-order valence-corrected chi connectivity index (χ3v) is 11.1. The average molecular weight is 768 g/mol. The van der Waals surface area contributed by atoms with Crippen LogP contribution in [0.3, 0.4) is 0 Å². The van der Waals surface area contributed by atoms with Gasteiger partial charge in [0.05, 0.1) is 7.92 Å². The van der Waals surface area contributed by atoms with Gasteiger partial charge in [-0.3, -0.25) is 0 Å². The molecule has 0 saturated heterocycles. The van der Waals surface area contributed by atoms with Gasteiger partial charge >= 0.3 is 0 Å². The minimum atomic E-state index is -1.43. The second kappa shape index (κ2) is 18.4. The predicted molar refractivity (Wildman–Crippen MR) is 200 cm³/mol. The fourth-order valence-electron chi connectivity index (χ4n) is 5.86. The zero-order chi connectivity index (χ0) is 33.8. The Morgan fingerprint density at radius 2 is 0.760 bits per heavy atom. The summed E-state index contributed by atoms with van der Waals surface area (Å²) in [6, 6.07) is 49.9. The normalized spacial score (nSPS) is 14.9. The van der Waals surface area contributed by atoms with E-state index in [1.165, 1.54) is 53.9 Å². The smallest absolute Gasteiger partial charge is 0.123 e. The maximum absolute atomic E-state index is 13.2. The van der Waals surface area contributed by atoms with Crippen LogP contribution in [0.25, 0.3) is 5.57 Å². The van der Waals surface area contributed by atoms with Gasteiger partial charge in [-0.2, -0.15) is 0 Å². The van der Waals surface area contributed by atoms with E-state index in [2.05, 4.69) is 91.0 Å². The van der Waals surface area contributed by atoms with Gasteiger partial charge in [0, 0.05) is 19.5 Å². The Balaban J connectivity index is 0.000000160. The average Bonchev–Trinajstić information content (AvgIpc) is 3.82. The molecule has 0 nitrogen and oxygen atoms in total. The van der Waals surface area contributed by atoms with Crippen molar-refractivity contribution in [1.29, 1.82) is 0 Å². The molecule has 1 radical (unpaired) electrons. The molecule has 0 spiro atoms. The topological polar surface area (TPSA) is 0 Å². The van der Waals surface area contributed by atoms with Crippen molar-refractivity contribution in [2.45, 2.75) is 6.42 Å². The molecule has 0 amide bonds. The molecule has 0 atom stereocenters. The standard InChI is InChI=1S/C20H15.C18H12F3P.C7H8.Rh/c1-4-10-17(11-5-1)16-20(18-12-6-2-7-13-18)19-14-8-3-9-15-19;19-13-1-7-16(8-2-13)22(17-9-3-14(20)4-10-17)18-11-5-15(21)6-12-18;1-2-7-4-3-6(1)5-7;/h1-15H;1-12H;1-4,6-7H,5H2;/q-1;;;/p+1. The Kier molecular flexibility index (Phi) is 13.5. The summed E-state index contributed by atoms with van der Waals surface area (Å²) < 4.78 is 39.5. The van der Waals surface area contributed by atoms with Crippen LogP contribution >= 0.6 is 7.92 Å². The maximum Gasteiger partial charge on any atom is 0.123 e. The summed E-state index contributed by atoms with van der Waals surface area (Å²) in [6.07, 6.45) is 14.1. The molecular weight excluding hydrogens is 731 g/mol. The first kappa shape index (κ1) is 36.7. The number of fused-ring (bicyclic) bond motifs is 2. The molecule has 2 bridgehead atoms. The molecule has 0 aliphatic heterocycles. The molecule has 0 N–H and O–H groups in total. The van der Waals surface area contributed by atoms with E-state index in [4.69, 9.17) is 0 Å². The fourth-order valence-corrected chi connectivity index (χ4v) is 8.36. The van der Waals surface area contributed by atoms with Gasteiger partial charge in [0.2, 0.25) is 0 Å². The summed E-state index contributed by atoms with van der Waals surface area (Å²) in [6.45, 7) is 0. The molecule has 50 heavy (non-hydrogen) atoms. The van der Waals surface area contributed by atoms with Crippen molar-refractivity contribution in [3.8, 4) is 0 Å². The second-order valence-corrected chi connectivity index (χ2v) is 14.3. The minimum absolute atomic E-state index is 0. The van der Waals surface area contributed by atoms with Gasteiger partial charge in [0.1, 0.15) is 33.4 Å². The molecule has 8 rings (SSSR count). The summed E-state index contributed by atoms with van der Waals surface area (Å²) in [5.41, 5.74) is 4.58. The van der Waals surface area contributed by atoms with Crippen molar-refractivity contribution < 1.29 is 32.6 Å². The van der Waals surface area contributed by atoms with E-state index in [-0.39, 0.29) is 36.9 Å². The number of allylic oxidation sites excluding steroid dienone is 4. The SMILES string of the molecule is C1=CC2C=CC1C2.Fc1ccc([PH+](c2ccc(F)cc2)c2ccc(F)cc2)cc1.[C-](=C(c1ccccc1)c1ccccc1)c1ccccc1.[Rh]. The van der Waals surface area contributed by atoms with Crippen LogP contribution < -0.4 is 15.9 Å². The van der Waals surface area contributed by atoms with Gasteiger partial charge in [0.25, 0.3) is 0 Å². The summed E-state index contributed by atoms with van der Waals surface area (Å²) in [7, 11) is -1.43. The van der Waals surface area contributed by atoms with Crippen LogP contribution in [-0.2, 0) is 19.5 Å². The van der Waals surface area contributed by atoms with E-state index in [0.29, 0.717) is 0 Å². The van der Waals surface area contributed by atoms with E-state index >= 15 is 0 Å². The Bertz CT molecular complexity index is 1810. The first-order valence-electron chi connectivity index (χ1n) is 16.3. The van der Waals surface area contributed by atoms with Crippen LogP contribution in [0.1, 0.15) is 23.1 Å². The van der Waals surface area contributed by atoms with Gasteiger partial charge in [0.15, 0.2) is 0 Å². The molecule has 0 unspecified atom stereocenters. The van der Waals surface area contributed by atoms with Crippen LogP contribution in [0, 0.1) is 35.4 Å². The summed E-state index contributed by atoms with van der Waals surface area (Å²) in [5, 5.41) is 2.89. The molecule has 0 fully saturated rings. The number of benzene rings is 6. The van der Waals surface area contributed by atoms with Gasteiger partial charge in [-0.05, 0) is 91.1 Å². The van der Waals surface area contributed by atoms with Crippen molar-refractivity contribution in [1.82, 2.24) is 0 Å². The molecule has 2 aliphatic rings. The molecule has 0 aromatic heterocycles. The largest absolute Gasteiger partial charge is 0.207 e. The first-order valence-corrected chi connectivity index (χ1v) is 17.8. The van der Waals surface area contributed by atoms with Crippen molar-refractivity contribution in [2.24, 2.45) is 11.8 Å². The Hall–Kier alpha value is -4.62. The molecule has 6 aromatic rings. The maximum atomic E-state index is 13.2. The number of halogens is 3. The van der Waals surface area contributed by atoms with Gasteiger partial charge in [-0.1, -0.05) is 114 Å². The molecule has 0 heterocycles. The Labute approximate surface area is 307 Å².